The number of fused-ring (bicyclic) bond motifs is 1. The van der Waals surface area contributed by atoms with Crippen molar-refractivity contribution in [3.05, 3.63) is 65.7 Å². The third kappa shape index (κ3) is 3.74. The molecule has 2 aromatic carbocycles. The third-order valence-electron chi connectivity index (χ3n) is 4.33. The van der Waals surface area contributed by atoms with E-state index in [1.165, 1.54) is 5.56 Å². The molecule has 2 aromatic rings. The molecular weight excluding hydrogens is 312 g/mol. The number of rotatable bonds is 7. The number of amides is 1. The summed E-state index contributed by atoms with van der Waals surface area (Å²) in [6, 6.07) is 16.1. The molecular formula is C21H24N2O2. The zero-order valence-electron chi connectivity index (χ0n) is 14.6. The van der Waals surface area contributed by atoms with Crippen LogP contribution in [-0.4, -0.2) is 25.6 Å². The van der Waals surface area contributed by atoms with Crippen LogP contribution in [0.25, 0.3) is 5.57 Å². The van der Waals surface area contributed by atoms with E-state index in [2.05, 4.69) is 12.1 Å². The highest BCUT2D eigenvalue weighted by molar-refractivity contribution is 6.32. The maximum atomic E-state index is 12.7. The van der Waals surface area contributed by atoms with Crippen molar-refractivity contribution in [3.8, 4) is 5.75 Å². The molecule has 3 rings (SSSR count). The van der Waals surface area contributed by atoms with Gasteiger partial charge in [-0.05, 0) is 43.5 Å². The molecule has 25 heavy (non-hydrogen) atoms. The number of hydrogen-bond donors (Lipinski definition) is 1. The minimum atomic E-state index is 0.0540. The molecule has 1 aliphatic heterocycles. The van der Waals surface area contributed by atoms with Gasteiger partial charge in [-0.3, -0.25) is 4.79 Å². The first-order valence-electron chi connectivity index (χ1n) is 8.77. The lowest BCUT2D eigenvalue weighted by molar-refractivity contribution is -0.113. The van der Waals surface area contributed by atoms with Crippen molar-refractivity contribution in [2.24, 2.45) is 5.73 Å². The Labute approximate surface area is 148 Å². The molecule has 2 N–H and O–H groups in total. The first kappa shape index (κ1) is 17.2. The first-order valence-corrected chi connectivity index (χ1v) is 8.77. The van der Waals surface area contributed by atoms with Crippen LogP contribution in [0.15, 0.2) is 54.6 Å². The van der Waals surface area contributed by atoms with Crippen LogP contribution in [0.2, 0.25) is 0 Å². The van der Waals surface area contributed by atoms with Crippen molar-refractivity contribution in [3.63, 3.8) is 0 Å². The number of anilines is 1. The normalized spacial score (nSPS) is 14.9. The van der Waals surface area contributed by atoms with Crippen LogP contribution >= 0.6 is 0 Å². The number of allylic oxidation sites excluding steroid dienone is 1. The van der Waals surface area contributed by atoms with Gasteiger partial charge in [0, 0.05) is 24.2 Å². The molecule has 0 atom stereocenters. The topological polar surface area (TPSA) is 55.6 Å². The van der Waals surface area contributed by atoms with Gasteiger partial charge in [0.25, 0.3) is 5.91 Å². The van der Waals surface area contributed by atoms with Crippen LogP contribution in [-0.2, 0) is 11.2 Å². The predicted octanol–water partition coefficient (Wildman–Crippen LogP) is 3.41. The highest BCUT2D eigenvalue weighted by Crippen LogP contribution is 2.36. The van der Waals surface area contributed by atoms with Gasteiger partial charge in [-0.1, -0.05) is 36.4 Å². The highest BCUT2D eigenvalue weighted by Gasteiger charge is 2.30. The molecule has 4 heteroatoms. The highest BCUT2D eigenvalue weighted by atomic mass is 16.5. The Morgan fingerprint density at radius 2 is 1.88 bits per heavy atom. The molecule has 0 radical (unpaired) electrons. The molecule has 0 aliphatic carbocycles. The fraction of sp³-hybridized carbons (Fsp3) is 0.286. The maximum Gasteiger partial charge on any atom is 0.258 e. The van der Waals surface area contributed by atoms with Gasteiger partial charge in [-0.25, -0.2) is 0 Å². The number of aryl methyl sites for hydroxylation is 1. The lowest BCUT2D eigenvalue weighted by Crippen LogP contribution is -2.31. The molecule has 1 aliphatic rings. The second kappa shape index (κ2) is 7.99. The Balaban J connectivity index is 1.72. The maximum absolute atomic E-state index is 12.7. The largest absolute Gasteiger partial charge is 0.494 e. The zero-order valence-corrected chi connectivity index (χ0v) is 14.6. The number of hydrogen-bond acceptors (Lipinski definition) is 3. The van der Waals surface area contributed by atoms with Gasteiger partial charge >= 0.3 is 0 Å². The summed E-state index contributed by atoms with van der Waals surface area (Å²) in [5, 5.41) is 0. The van der Waals surface area contributed by atoms with Crippen LogP contribution in [0.4, 0.5) is 5.69 Å². The van der Waals surface area contributed by atoms with Gasteiger partial charge < -0.3 is 15.4 Å². The van der Waals surface area contributed by atoms with Gasteiger partial charge in [0.05, 0.1) is 12.3 Å². The second-order valence-corrected chi connectivity index (χ2v) is 6.00. The number of carbonyl (C=O) groups is 1. The quantitative estimate of drug-likeness (QED) is 0.788. The lowest BCUT2D eigenvalue weighted by Gasteiger charge is -2.15. The molecule has 0 fully saturated rings. The van der Waals surface area contributed by atoms with Gasteiger partial charge in [0.2, 0.25) is 0 Å². The Bertz CT molecular complexity index is 766. The third-order valence-corrected chi connectivity index (χ3v) is 4.33. The van der Waals surface area contributed by atoms with Crippen LogP contribution in [0, 0.1) is 0 Å². The van der Waals surface area contributed by atoms with E-state index in [0.29, 0.717) is 19.7 Å². The molecule has 130 valence electrons. The summed E-state index contributed by atoms with van der Waals surface area (Å²) in [6.45, 7) is 3.66. The Hall–Kier alpha value is -2.59. The van der Waals surface area contributed by atoms with Crippen molar-refractivity contribution in [1.82, 2.24) is 0 Å². The summed E-state index contributed by atoms with van der Waals surface area (Å²) >= 11 is 0. The monoisotopic (exact) mass is 336 g/mol. The van der Waals surface area contributed by atoms with Gasteiger partial charge in [0.15, 0.2) is 0 Å². The second-order valence-electron chi connectivity index (χ2n) is 6.00. The molecule has 4 nitrogen and oxygen atoms in total. The van der Waals surface area contributed by atoms with E-state index >= 15 is 0 Å². The molecule has 0 saturated heterocycles. The minimum absolute atomic E-state index is 0.0540. The van der Waals surface area contributed by atoms with Gasteiger partial charge in [-0.15, -0.1) is 0 Å². The number of nitrogens with zero attached hydrogens (tertiary/aromatic N) is 1. The summed E-state index contributed by atoms with van der Waals surface area (Å²) in [7, 11) is 0. The van der Waals surface area contributed by atoms with E-state index in [9.17, 15) is 4.79 Å². The van der Waals surface area contributed by atoms with Gasteiger partial charge in [-0.2, -0.15) is 0 Å². The van der Waals surface area contributed by atoms with Crippen LogP contribution in [0.1, 0.15) is 24.5 Å². The van der Waals surface area contributed by atoms with Crippen molar-refractivity contribution in [2.45, 2.75) is 19.8 Å². The fourth-order valence-electron chi connectivity index (χ4n) is 3.16. The van der Waals surface area contributed by atoms with Crippen LogP contribution in [0.3, 0.4) is 0 Å². The number of carbonyl (C=O) groups excluding carboxylic acids is 1. The van der Waals surface area contributed by atoms with Crippen molar-refractivity contribution < 1.29 is 9.53 Å². The molecule has 0 saturated carbocycles. The average molecular weight is 336 g/mol. The summed E-state index contributed by atoms with van der Waals surface area (Å²) in [4.78, 5) is 14.5. The predicted molar refractivity (Wildman–Crippen MR) is 102 cm³/mol. The van der Waals surface area contributed by atoms with Crippen molar-refractivity contribution >= 4 is 17.2 Å². The molecule has 0 spiro atoms. The van der Waals surface area contributed by atoms with Crippen molar-refractivity contribution in [1.29, 1.82) is 0 Å². The molecule has 1 amide bonds. The van der Waals surface area contributed by atoms with E-state index < -0.39 is 0 Å². The number of para-hydroxylation sites is 1. The van der Waals surface area contributed by atoms with E-state index in [1.54, 1.807) is 4.90 Å². The number of ether oxygens (including phenoxy) is 1. The first-order chi connectivity index (χ1) is 12.2. The van der Waals surface area contributed by atoms with E-state index in [1.807, 2.05) is 49.4 Å². The number of benzene rings is 2. The average Bonchev–Trinajstić information content (AvgIpc) is 2.90. The molecule has 0 unspecified atom stereocenters. The lowest BCUT2D eigenvalue weighted by atomic mass is 10.0. The molecule has 0 aromatic heterocycles. The Kier molecular flexibility index (Phi) is 5.51. The van der Waals surface area contributed by atoms with Gasteiger partial charge in [0.1, 0.15) is 5.75 Å². The summed E-state index contributed by atoms with van der Waals surface area (Å²) in [5.74, 6) is 0.945. The smallest absolute Gasteiger partial charge is 0.258 e. The standard InChI is InChI=1S/C21H24N2O2/c1-2-25-17-12-10-16(11-13-17)6-5-8-19-18-7-3-4-9-20(18)23(15-14-22)21(19)24/h3-4,7-13H,2,5-6,14-15,22H2,1H3. The fourth-order valence-corrected chi connectivity index (χ4v) is 3.16. The summed E-state index contributed by atoms with van der Waals surface area (Å²) < 4.78 is 5.46. The Morgan fingerprint density at radius 1 is 1.12 bits per heavy atom. The number of nitrogens with two attached hydrogens (primary N) is 1. The SMILES string of the molecule is CCOc1ccc(CCC=C2C(=O)N(CCN)c3ccccc32)cc1. The van der Waals surface area contributed by atoms with Crippen molar-refractivity contribution in [2.75, 3.05) is 24.6 Å². The zero-order chi connectivity index (χ0) is 17.6. The van der Waals surface area contributed by atoms with E-state index in [0.717, 1.165) is 35.4 Å². The Morgan fingerprint density at radius 3 is 2.60 bits per heavy atom. The molecule has 1 heterocycles. The summed E-state index contributed by atoms with van der Waals surface area (Å²) in [5.41, 5.74) is 9.65. The van der Waals surface area contributed by atoms with E-state index in [-0.39, 0.29) is 5.91 Å². The van der Waals surface area contributed by atoms with Crippen LogP contribution < -0.4 is 15.4 Å². The molecule has 0 bridgehead atoms. The van der Waals surface area contributed by atoms with E-state index in [4.69, 9.17) is 10.5 Å². The minimum Gasteiger partial charge on any atom is -0.494 e. The van der Waals surface area contributed by atoms with Crippen LogP contribution in [0.5, 0.6) is 5.75 Å². The summed E-state index contributed by atoms with van der Waals surface area (Å²) in [6.07, 6.45) is 3.76.